The van der Waals surface area contributed by atoms with E-state index >= 15 is 0 Å². The Labute approximate surface area is 393 Å². The number of hydrogen-bond donors (Lipinski definition) is 0. The molecule has 0 fully saturated rings. The first-order valence-corrected chi connectivity index (χ1v) is 24.0. The van der Waals surface area contributed by atoms with Crippen molar-refractivity contribution in [2.45, 2.75) is 0 Å². The molecular formula is C66H40S. The molecule has 0 N–H and O–H groups in total. The highest BCUT2D eigenvalue weighted by molar-refractivity contribution is 7.26. The van der Waals surface area contributed by atoms with Crippen LogP contribution in [0.15, 0.2) is 243 Å². The van der Waals surface area contributed by atoms with Crippen LogP contribution in [0.3, 0.4) is 0 Å². The van der Waals surface area contributed by atoms with Crippen molar-refractivity contribution in [3.63, 3.8) is 0 Å². The lowest BCUT2D eigenvalue weighted by molar-refractivity contribution is 1.59. The Morgan fingerprint density at radius 2 is 0.687 bits per heavy atom. The van der Waals surface area contributed by atoms with Crippen LogP contribution in [-0.2, 0) is 0 Å². The summed E-state index contributed by atoms with van der Waals surface area (Å²) in [6, 6.07) is 90.3. The molecule has 1 aliphatic rings. The summed E-state index contributed by atoms with van der Waals surface area (Å²) in [6.07, 6.45) is 0. The third-order valence-electron chi connectivity index (χ3n) is 14.2. The molecule has 1 aromatic heterocycles. The van der Waals surface area contributed by atoms with Gasteiger partial charge < -0.3 is 0 Å². The van der Waals surface area contributed by atoms with Crippen LogP contribution in [0.4, 0.5) is 0 Å². The molecule has 13 aromatic rings. The molecule has 12 aromatic carbocycles. The van der Waals surface area contributed by atoms with Crippen LogP contribution in [0.1, 0.15) is 0 Å². The van der Waals surface area contributed by atoms with Crippen molar-refractivity contribution in [1.29, 1.82) is 0 Å². The number of benzene rings is 12. The Hall–Kier alpha value is -8.36. The molecular weight excluding hydrogens is 825 g/mol. The van der Waals surface area contributed by atoms with E-state index in [0.29, 0.717) is 0 Å². The molecule has 0 saturated heterocycles. The zero-order chi connectivity index (χ0) is 44.0. The molecule has 1 heteroatoms. The first-order chi connectivity index (χ1) is 33.3. The lowest BCUT2D eigenvalue weighted by Gasteiger charge is -2.25. The summed E-state index contributed by atoms with van der Waals surface area (Å²) in [5.41, 5.74) is 20.0. The zero-order valence-corrected chi connectivity index (χ0v) is 37.3. The van der Waals surface area contributed by atoms with Gasteiger partial charge in [0.05, 0.1) is 0 Å². The summed E-state index contributed by atoms with van der Waals surface area (Å²) in [4.78, 5) is 0. The van der Waals surface area contributed by atoms with E-state index in [1.807, 2.05) is 11.3 Å². The normalized spacial score (nSPS) is 11.9. The predicted octanol–water partition coefficient (Wildman–Crippen LogP) is 19.2. The van der Waals surface area contributed by atoms with Gasteiger partial charge in [0.1, 0.15) is 0 Å². The van der Waals surface area contributed by atoms with E-state index < -0.39 is 0 Å². The van der Waals surface area contributed by atoms with E-state index in [4.69, 9.17) is 0 Å². The van der Waals surface area contributed by atoms with E-state index in [0.717, 1.165) is 0 Å². The van der Waals surface area contributed by atoms with Crippen molar-refractivity contribution in [3.05, 3.63) is 243 Å². The lowest BCUT2D eigenvalue weighted by atomic mass is 9.78. The highest BCUT2D eigenvalue weighted by atomic mass is 32.1. The average molecular weight is 865 g/mol. The largest absolute Gasteiger partial charge is 0.135 e. The average Bonchev–Trinajstić information content (AvgIpc) is 3.95. The minimum atomic E-state index is 1.21. The second kappa shape index (κ2) is 15.1. The van der Waals surface area contributed by atoms with Crippen LogP contribution in [0.2, 0.25) is 0 Å². The van der Waals surface area contributed by atoms with Crippen LogP contribution in [0.25, 0.3) is 142 Å². The summed E-state index contributed by atoms with van der Waals surface area (Å²) in [5.74, 6) is 0. The van der Waals surface area contributed by atoms with Crippen molar-refractivity contribution in [2.24, 2.45) is 0 Å². The maximum atomic E-state index is 2.48. The Balaban J connectivity index is 1.15. The fourth-order valence-electron chi connectivity index (χ4n) is 11.4. The molecule has 0 aliphatic heterocycles. The van der Waals surface area contributed by atoms with Crippen LogP contribution in [0.5, 0.6) is 0 Å². The van der Waals surface area contributed by atoms with Crippen LogP contribution in [-0.4, -0.2) is 0 Å². The van der Waals surface area contributed by atoms with Gasteiger partial charge in [0.25, 0.3) is 0 Å². The number of thiophene rings is 1. The van der Waals surface area contributed by atoms with Crippen molar-refractivity contribution >= 4 is 63.8 Å². The molecule has 0 amide bonds. The van der Waals surface area contributed by atoms with Gasteiger partial charge in [-0.2, -0.15) is 0 Å². The number of hydrogen-bond acceptors (Lipinski definition) is 1. The van der Waals surface area contributed by atoms with E-state index in [-0.39, 0.29) is 0 Å². The molecule has 1 aliphatic carbocycles. The topological polar surface area (TPSA) is 0 Å². The van der Waals surface area contributed by atoms with Crippen molar-refractivity contribution < 1.29 is 0 Å². The van der Waals surface area contributed by atoms with Crippen molar-refractivity contribution in [3.8, 4) is 89.0 Å². The monoisotopic (exact) mass is 864 g/mol. The maximum absolute atomic E-state index is 2.48. The molecule has 0 spiro atoms. The second-order valence-corrected chi connectivity index (χ2v) is 18.8. The SMILES string of the molecule is c1ccc(-c2ccc(-c3ccccc3)c3c(-c4ccccc4)c4c(c(-c5ccccc5)c23)-c2cccc3c(-c5cc(-c6cccc7ccccc67)cc6c5sc5ccccc56)ccc-4c23)cc1. The van der Waals surface area contributed by atoms with Gasteiger partial charge in [0, 0.05) is 25.7 Å². The molecule has 0 bridgehead atoms. The Morgan fingerprint density at radius 3 is 1.33 bits per heavy atom. The Kier molecular flexibility index (Phi) is 8.56. The van der Waals surface area contributed by atoms with E-state index in [1.54, 1.807) is 0 Å². The fraction of sp³-hybridized carbons (Fsp3) is 0. The molecule has 14 rings (SSSR count). The minimum Gasteiger partial charge on any atom is -0.135 e. The molecule has 0 unspecified atom stereocenters. The molecule has 1 heterocycles. The van der Waals surface area contributed by atoms with Crippen LogP contribution in [0, 0.1) is 0 Å². The predicted molar refractivity (Wildman–Crippen MR) is 289 cm³/mol. The summed E-state index contributed by atoms with van der Waals surface area (Å²) in [5, 5.41) is 10.3. The highest BCUT2D eigenvalue weighted by Crippen LogP contribution is 2.61. The first-order valence-electron chi connectivity index (χ1n) is 23.2. The molecule has 0 saturated carbocycles. The third kappa shape index (κ3) is 5.78. The molecule has 67 heavy (non-hydrogen) atoms. The number of rotatable bonds is 6. The van der Waals surface area contributed by atoms with E-state index in [9.17, 15) is 0 Å². The van der Waals surface area contributed by atoms with Gasteiger partial charge >= 0.3 is 0 Å². The molecule has 310 valence electrons. The first kappa shape index (κ1) is 38.0. The van der Waals surface area contributed by atoms with E-state index in [2.05, 4.69) is 243 Å². The number of fused-ring (bicyclic) bond motifs is 8. The molecule has 0 radical (unpaired) electrons. The Morgan fingerprint density at radius 1 is 0.224 bits per heavy atom. The summed E-state index contributed by atoms with van der Waals surface area (Å²) < 4.78 is 2.63. The lowest BCUT2D eigenvalue weighted by Crippen LogP contribution is -1.97. The van der Waals surface area contributed by atoms with Gasteiger partial charge in [-0.25, -0.2) is 0 Å². The highest BCUT2D eigenvalue weighted by Gasteiger charge is 2.33. The van der Waals surface area contributed by atoms with Gasteiger partial charge in [-0.3, -0.25) is 0 Å². The Bertz CT molecular complexity index is 3970. The van der Waals surface area contributed by atoms with Crippen LogP contribution < -0.4 is 0 Å². The van der Waals surface area contributed by atoms with Gasteiger partial charge in [0.15, 0.2) is 0 Å². The minimum absolute atomic E-state index is 1.21. The fourth-order valence-corrected chi connectivity index (χ4v) is 12.6. The molecule has 0 nitrogen and oxygen atoms in total. The van der Waals surface area contributed by atoms with Gasteiger partial charge in [0.2, 0.25) is 0 Å². The van der Waals surface area contributed by atoms with E-state index in [1.165, 1.54) is 142 Å². The molecule has 0 atom stereocenters. The standard InChI is InChI=1S/C66H40S/c1-5-19-42(20-6-1)49-35-36-50(43-21-7-2-8-22-43)63-60(45-26-11-4-12-27-45)65-55-38-37-51(53-32-18-33-54(61(53)55)64(65)59(62(49)63)44-24-9-3-10-25-44)56-39-46(48-31-17-28-41-23-13-14-29-47(41)48)40-57-52-30-15-16-34-58(52)67-66(56)57/h1-40H. The van der Waals surface area contributed by atoms with Gasteiger partial charge in [-0.05, 0) is 134 Å². The summed E-state index contributed by atoms with van der Waals surface area (Å²) >= 11 is 1.91. The van der Waals surface area contributed by atoms with Crippen molar-refractivity contribution in [2.75, 3.05) is 0 Å². The van der Waals surface area contributed by atoms with Crippen molar-refractivity contribution in [1.82, 2.24) is 0 Å². The summed E-state index contributed by atoms with van der Waals surface area (Å²) in [6.45, 7) is 0. The quantitative estimate of drug-likeness (QED) is 0.156. The van der Waals surface area contributed by atoms with Gasteiger partial charge in [-0.15, -0.1) is 11.3 Å². The zero-order valence-electron chi connectivity index (χ0n) is 36.5. The summed E-state index contributed by atoms with van der Waals surface area (Å²) in [7, 11) is 0. The maximum Gasteiger partial charge on any atom is 0.0434 e. The van der Waals surface area contributed by atoms with Crippen LogP contribution >= 0.6 is 11.3 Å². The smallest absolute Gasteiger partial charge is 0.0434 e. The third-order valence-corrected chi connectivity index (χ3v) is 15.4. The van der Waals surface area contributed by atoms with Gasteiger partial charge in [-0.1, -0.05) is 224 Å². The second-order valence-electron chi connectivity index (χ2n) is 17.8.